The molecule has 0 saturated carbocycles. The van der Waals surface area contributed by atoms with Crippen molar-refractivity contribution >= 4 is 5.91 Å². The summed E-state index contributed by atoms with van der Waals surface area (Å²) in [5.74, 6) is 1.17. The van der Waals surface area contributed by atoms with Gasteiger partial charge in [-0.15, -0.1) is 0 Å². The molecule has 2 heterocycles. The Morgan fingerprint density at radius 2 is 2.25 bits per heavy atom. The summed E-state index contributed by atoms with van der Waals surface area (Å²) in [6, 6.07) is -0.126. The van der Waals surface area contributed by atoms with E-state index in [1.807, 2.05) is 7.05 Å². The number of carbonyl (C=O) groups excluding carboxylic acids is 1. The minimum Gasteiger partial charge on any atom is -0.345 e. The third-order valence-electron chi connectivity index (χ3n) is 2.99. The molecule has 7 heteroatoms. The fourth-order valence-electron chi connectivity index (χ4n) is 2.11. The van der Waals surface area contributed by atoms with E-state index >= 15 is 0 Å². The molecular weight excluding hydrogens is 256 g/mol. The lowest BCUT2D eigenvalue weighted by molar-refractivity contribution is -0.122. The summed E-state index contributed by atoms with van der Waals surface area (Å²) in [4.78, 5) is 20.3. The van der Waals surface area contributed by atoms with Crippen LogP contribution in [-0.2, 0) is 18.4 Å². The number of nitrogens with one attached hydrogen (secondary N) is 1. The molecule has 1 N–H and O–H groups in total. The highest BCUT2D eigenvalue weighted by atomic mass is 16.2. The second-order valence-corrected chi connectivity index (χ2v) is 5.23. The van der Waals surface area contributed by atoms with Crippen LogP contribution in [0.25, 0.3) is 0 Å². The average molecular weight is 276 g/mol. The van der Waals surface area contributed by atoms with E-state index in [-0.39, 0.29) is 18.5 Å². The summed E-state index contributed by atoms with van der Waals surface area (Å²) in [5.41, 5.74) is 0. The quantitative estimate of drug-likeness (QED) is 0.851. The lowest BCUT2D eigenvalue weighted by Gasteiger charge is -2.19. The van der Waals surface area contributed by atoms with Crippen LogP contribution in [0.5, 0.6) is 0 Å². The van der Waals surface area contributed by atoms with Crippen LogP contribution in [0, 0.1) is 5.92 Å². The monoisotopic (exact) mass is 276 g/mol. The van der Waals surface area contributed by atoms with E-state index in [4.69, 9.17) is 0 Å². The Labute approximate surface area is 118 Å². The van der Waals surface area contributed by atoms with E-state index in [2.05, 4.69) is 34.2 Å². The van der Waals surface area contributed by atoms with Gasteiger partial charge in [-0.25, -0.2) is 9.97 Å². The van der Waals surface area contributed by atoms with E-state index in [0.29, 0.717) is 5.92 Å². The molecule has 1 atom stereocenters. The summed E-state index contributed by atoms with van der Waals surface area (Å²) in [6.07, 6.45) is 7.37. The molecule has 7 nitrogen and oxygen atoms in total. The fourth-order valence-corrected chi connectivity index (χ4v) is 2.11. The van der Waals surface area contributed by atoms with E-state index in [0.717, 1.165) is 12.2 Å². The molecule has 2 rings (SSSR count). The molecule has 108 valence electrons. The first-order valence-electron chi connectivity index (χ1n) is 6.65. The van der Waals surface area contributed by atoms with Gasteiger partial charge in [0.1, 0.15) is 18.7 Å². The molecule has 0 aromatic carbocycles. The second-order valence-electron chi connectivity index (χ2n) is 5.23. The van der Waals surface area contributed by atoms with Gasteiger partial charge < -0.3 is 9.88 Å². The SMILES string of the molecule is CC(C)CC(NC(=O)Cn1ccnc1)c1ncnn1C. The van der Waals surface area contributed by atoms with Crippen LogP contribution in [0.1, 0.15) is 32.1 Å². The Morgan fingerprint density at radius 3 is 2.80 bits per heavy atom. The third-order valence-corrected chi connectivity index (χ3v) is 2.99. The molecule has 0 saturated heterocycles. The van der Waals surface area contributed by atoms with E-state index in [1.54, 1.807) is 28.0 Å². The highest BCUT2D eigenvalue weighted by Crippen LogP contribution is 2.18. The number of hydrogen-bond acceptors (Lipinski definition) is 4. The minimum absolute atomic E-state index is 0.0587. The van der Waals surface area contributed by atoms with E-state index < -0.39 is 0 Å². The van der Waals surface area contributed by atoms with E-state index in [9.17, 15) is 4.79 Å². The summed E-state index contributed by atoms with van der Waals surface area (Å²) in [6.45, 7) is 4.49. The smallest absolute Gasteiger partial charge is 0.240 e. The van der Waals surface area contributed by atoms with Gasteiger partial charge in [0.15, 0.2) is 0 Å². The van der Waals surface area contributed by atoms with Crippen LogP contribution in [-0.4, -0.2) is 30.2 Å². The maximum Gasteiger partial charge on any atom is 0.240 e. The first-order chi connectivity index (χ1) is 9.56. The number of hydrogen-bond donors (Lipinski definition) is 1. The molecule has 0 spiro atoms. The van der Waals surface area contributed by atoms with Crippen LogP contribution in [0.15, 0.2) is 25.0 Å². The largest absolute Gasteiger partial charge is 0.345 e. The zero-order chi connectivity index (χ0) is 14.5. The van der Waals surface area contributed by atoms with Crippen molar-refractivity contribution in [3.63, 3.8) is 0 Å². The predicted octanol–water partition coefficient (Wildman–Crippen LogP) is 0.915. The molecule has 1 amide bonds. The zero-order valence-corrected chi connectivity index (χ0v) is 12.0. The lowest BCUT2D eigenvalue weighted by Crippen LogP contribution is -2.33. The van der Waals surface area contributed by atoms with Gasteiger partial charge in [-0.3, -0.25) is 9.48 Å². The molecule has 20 heavy (non-hydrogen) atoms. The van der Waals surface area contributed by atoms with Crippen molar-refractivity contribution in [3.05, 3.63) is 30.9 Å². The molecule has 0 aliphatic carbocycles. The molecule has 0 radical (unpaired) electrons. The molecular formula is C13H20N6O. The molecule has 0 aliphatic heterocycles. The number of nitrogens with zero attached hydrogens (tertiary/aromatic N) is 5. The molecule has 2 aromatic rings. The second kappa shape index (κ2) is 6.31. The summed E-state index contributed by atoms with van der Waals surface area (Å²) in [5, 5.41) is 7.09. The van der Waals surface area contributed by atoms with Gasteiger partial charge in [0.05, 0.1) is 12.4 Å². The molecule has 2 aromatic heterocycles. The van der Waals surface area contributed by atoms with Gasteiger partial charge in [-0.2, -0.15) is 5.10 Å². The van der Waals surface area contributed by atoms with Crippen molar-refractivity contribution in [2.75, 3.05) is 0 Å². The summed E-state index contributed by atoms with van der Waals surface area (Å²) < 4.78 is 3.43. The van der Waals surface area contributed by atoms with Crippen molar-refractivity contribution in [2.45, 2.75) is 32.9 Å². The molecule has 1 unspecified atom stereocenters. The third kappa shape index (κ3) is 3.66. The Morgan fingerprint density at radius 1 is 1.45 bits per heavy atom. The van der Waals surface area contributed by atoms with Gasteiger partial charge in [0.25, 0.3) is 0 Å². The van der Waals surface area contributed by atoms with Crippen molar-refractivity contribution < 1.29 is 4.79 Å². The first kappa shape index (κ1) is 14.2. The van der Waals surface area contributed by atoms with Gasteiger partial charge in [-0.1, -0.05) is 13.8 Å². The van der Waals surface area contributed by atoms with Gasteiger partial charge in [0.2, 0.25) is 5.91 Å². The normalized spacial score (nSPS) is 12.6. The zero-order valence-electron chi connectivity index (χ0n) is 12.0. The Bertz CT molecular complexity index is 545. The summed E-state index contributed by atoms with van der Waals surface area (Å²) >= 11 is 0. The Balaban J connectivity index is 2.04. The molecule has 0 fully saturated rings. The Kier molecular flexibility index (Phi) is 4.49. The number of aryl methyl sites for hydroxylation is 1. The number of aromatic nitrogens is 5. The molecule has 0 aliphatic rings. The maximum absolute atomic E-state index is 12.1. The van der Waals surface area contributed by atoms with Gasteiger partial charge in [0, 0.05) is 19.4 Å². The van der Waals surface area contributed by atoms with Crippen molar-refractivity contribution in [1.82, 2.24) is 29.6 Å². The average Bonchev–Trinajstić information content (AvgIpc) is 2.99. The Hall–Kier alpha value is -2.18. The van der Waals surface area contributed by atoms with Crippen LogP contribution >= 0.6 is 0 Å². The van der Waals surface area contributed by atoms with Gasteiger partial charge in [-0.05, 0) is 12.3 Å². The number of carbonyl (C=O) groups is 1. The first-order valence-corrected chi connectivity index (χ1v) is 6.65. The predicted molar refractivity (Wildman–Crippen MR) is 73.6 cm³/mol. The minimum atomic E-state index is -0.126. The van der Waals surface area contributed by atoms with Crippen LogP contribution in [0.4, 0.5) is 0 Å². The van der Waals surface area contributed by atoms with Crippen molar-refractivity contribution in [2.24, 2.45) is 13.0 Å². The van der Waals surface area contributed by atoms with Crippen molar-refractivity contribution in [1.29, 1.82) is 0 Å². The van der Waals surface area contributed by atoms with Crippen LogP contribution in [0.2, 0.25) is 0 Å². The summed E-state index contributed by atoms with van der Waals surface area (Å²) in [7, 11) is 1.83. The van der Waals surface area contributed by atoms with E-state index in [1.165, 1.54) is 6.33 Å². The highest BCUT2D eigenvalue weighted by Gasteiger charge is 2.20. The number of imidazole rings is 1. The standard InChI is InChI=1S/C13H20N6O/c1-10(2)6-11(13-15-8-16-18(13)3)17-12(20)7-19-5-4-14-9-19/h4-5,8-11H,6-7H2,1-3H3,(H,17,20). The number of amides is 1. The molecule has 0 bridgehead atoms. The maximum atomic E-state index is 12.1. The van der Waals surface area contributed by atoms with Crippen molar-refractivity contribution in [3.8, 4) is 0 Å². The van der Waals surface area contributed by atoms with Crippen LogP contribution < -0.4 is 5.32 Å². The number of rotatable bonds is 6. The highest BCUT2D eigenvalue weighted by molar-refractivity contribution is 5.76. The van der Waals surface area contributed by atoms with Crippen LogP contribution in [0.3, 0.4) is 0 Å². The fraction of sp³-hybridized carbons (Fsp3) is 0.538. The topological polar surface area (TPSA) is 77.6 Å². The van der Waals surface area contributed by atoms with Gasteiger partial charge >= 0.3 is 0 Å². The lowest BCUT2D eigenvalue weighted by atomic mass is 10.0.